The first-order valence-electron chi connectivity index (χ1n) is 5.66. The third-order valence-corrected chi connectivity index (χ3v) is 4.04. The zero-order chi connectivity index (χ0) is 12.4. The lowest BCUT2D eigenvalue weighted by molar-refractivity contribution is 0.719. The lowest BCUT2D eigenvalue weighted by Crippen LogP contribution is -2.41. The molecular formula is C12H16N4S. The van der Waals surface area contributed by atoms with Crippen LogP contribution in [0.4, 0.5) is 11.5 Å². The SMILES string of the molecule is CC1CN(c2nccc(C#N)c2N)CC(C)S1. The standard InChI is InChI=1S/C12H16N4S/c1-8-6-16(7-9(2)17-8)12-11(14)10(5-13)3-4-15-12/h3-4,8-9H,6-7,14H2,1-2H3. The summed E-state index contributed by atoms with van der Waals surface area (Å²) >= 11 is 1.98. The Hall–Kier alpha value is -1.41. The number of nitrogens with two attached hydrogens (primary N) is 1. The van der Waals surface area contributed by atoms with Crippen molar-refractivity contribution in [3.63, 3.8) is 0 Å². The van der Waals surface area contributed by atoms with E-state index < -0.39 is 0 Å². The molecule has 1 saturated heterocycles. The van der Waals surface area contributed by atoms with Gasteiger partial charge in [-0.3, -0.25) is 0 Å². The van der Waals surface area contributed by atoms with Gasteiger partial charge < -0.3 is 10.6 Å². The van der Waals surface area contributed by atoms with Gasteiger partial charge in [-0.15, -0.1) is 0 Å². The maximum absolute atomic E-state index is 8.96. The second-order valence-electron chi connectivity index (χ2n) is 4.37. The molecule has 5 heteroatoms. The maximum atomic E-state index is 8.96. The van der Waals surface area contributed by atoms with Crippen molar-refractivity contribution < 1.29 is 0 Å². The molecule has 0 aliphatic carbocycles. The summed E-state index contributed by atoms with van der Waals surface area (Å²) in [5.74, 6) is 0.753. The maximum Gasteiger partial charge on any atom is 0.153 e. The van der Waals surface area contributed by atoms with Gasteiger partial charge in [0.2, 0.25) is 0 Å². The van der Waals surface area contributed by atoms with Crippen LogP contribution >= 0.6 is 11.8 Å². The van der Waals surface area contributed by atoms with Crippen LogP contribution in [0, 0.1) is 11.3 Å². The lowest BCUT2D eigenvalue weighted by Gasteiger charge is -2.35. The van der Waals surface area contributed by atoms with E-state index in [0.717, 1.165) is 18.9 Å². The van der Waals surface area contributed by atoms with Crippen molar-refractivity contribution in [2.24, 2.45) is 0 Å². The Kier molecular flexibility index (Phi) is 3.43. The van der Waals surface area contributed by atoms with Crippen LogP contribution in [0.25, 0.3) is 0 Å². The van der Waals surface area contributed by atoms with Gasteiger partial charge in [0, 0.05) is 29.8 Å². The van der Waals surface area contributed by atoms with Crippen molar-refractivity contribution in [2.75, 3.05) is 23.7 Å². The van der Waals surface area contributed by atoms with E-state index in [0.29, 0.717) is 21.8 Å². The predicted octanol–water partition coefficient (Wildman–Crippen LogP) is 1.87. The van der Waals surface area contributed by atoms with Crippen LogP contribution < -0.4 is 10.6 Å². The van der Waals surface area contributed by atoms with E-state index in [1.165, 1.54) is 0 Å². The van der Waals surface area contributed by atoms with E-state index in [9.17, 15) is 0 Å². The number of aromatic nitrogens is 1. The van der Waals surface area contributed by atoms with Crippen molar-refractivity contribution in [2.45, 2.75) is 24.3 Å². The number of nitriles is 1. The average molecular weight is 248 g/mol. The fourth-order valence-electron chi connectivity index (χ4n) is 2.16. The van der Waals surface area contributed by atoms with Crippen LogP contribution in [0.1, 0.15) is 19.4 Å². The number of thioether (sulfide) groups is 1. The number of hydrogen-bond acceptors (Lipinski definition) is 5. The summed E-state index contributed by atoms with van der Waals surface area (Å²) in [6, 6.07) is 3.76. The lowest BCUT2D eigenvalue weighted by atomic mass is 10.2. The highest BCUT2D eigenvalue weighted by Gasteiger charge is 2.25. The molecule has 2 rings (SSSR count). The Morgan fingerprint density at radius 3 is 2.71 bits per heavy atom. The number of pyridine rings is 1. The summed E-state index contributed by atoms with van der Waals surface area (Å²) in [6.07, 6.45) is 1.65. The molecule has 0 radical (unpaired) electrons. The second kappa shape index (κ2) is 4.84. The molecule has 1 aromatic rings. The Labute approximate surface area is 106 Å². The number of nitrogens with zero attached hydrogens (tertiary/aromatic N) is 3. The van der Waals surface area contributed by atoms with Gasteiger partial charge in [0.05, 0.1) is 11.3 Å². The third kappa shape index (κ3) is 2.47. The fraction of sp³-hybridized carbons (Fsp3) is 0.500. The number of anilines is 2. The first kappa shape index (κ1) is 12.1. The predicted molar refractivity (Wildman–Crippen MR) is 72.1 cm³/mol. The molecule has 17 heavy (non-hydrogen) atoms. The smallest absolute Gasteiger partial charge is 0.153 e. The molecule has 2 atom stereocenters. The quantitative estimate of drug-likeness (QED) is 0.821. The minimum Gasteiger partial charge on any atom is -0.395 e. The van der Waals surface area contributed by atoms with E-state index in [2.05, 4.69) is 29.8 Å². The molecule has 2 heterocycles. The Morgan fingerprint density at radius 2 is 2.12 bits per heavy atom. The summed E-state index contributed by atoms with van der Waals surface area (Å²) in [6.45, 7) is 6.28. The summed E-state index contributed by atoms with van der Waals surface area (Å²) < 4.78 is 0. The van der Waals surface area contributed by atoms with Gasteiger partial charge in [-0.05, 0) is 6.07 Å². The van der Waals surface area contributed by atoms with Crippen LogP contribution in [0.15, 0.2) is 12.3 Å². The van der Waals surface area contributed by atoms with Gasteiger partial charge in [-0.1, -0.05) is 13.8 Å². The van der Waals surface area contributed by atoms with Crippen LogP contribution in [0.5, 0.6) is 0 Å². The zero-order valence-electron chi connectivity index (χ0n) is 10.1. The van der Waals surface area contributed by atoms with Crippen molar-refractivity contribution in [3.05, 3.63) is 17.8 Å². The molecular weight excluding hydrogens is 232 g/mol. The highest BCUT2D eigenvalue weighted by molar-refractivity contribution is 8.00. The van der Waals surface area contributed by atoms with E-state index in [4.69, 9.17) is 11.0 Å². The van der Waals surface area contributed by atoms with E-state index in [-0.39, 0.29) is 0 Å². The molecule has 0 aromatic carbocycles. The first-order valence-corrected chi connectivity index (χ1v) is 6.61. The molecule has 2 unspecified atom stereocenters. The number of hydrogen-bond donors (Lipinski definition) is 1. The molecule has 2 N–H and O–H groups in total. The van der Waals surface area contributed by atoms with Crippen LogP contribution in [0.3, 0.4) is 0 Å². The normalized spacial score (nSPS) is 24.4. The highest BCUT2D eigenvalue weighted by Crippen LogP contribution is 2.31. The van der Waals surface area contributed by atoms with Crippen LogP contribution in [-0.4, -0.2) is 28.6 Å². The molecule has 1 aromatic heterocycles. The van der Waals surface area contributed by atoms with Crippen LogP contribution in [0.2, 0.25) is 0 Å². The minimum atomic E-state index is 0.501. The molecule has 1 aliphatic heterocycles. The summed E-state index contributed by atoms with van der Waals surface area (Å²) in [5, 5.41) is 10.1. The highest BCUT2D eigenvalue weighted by atomic mass is 32.2. The first-order chi connectivity index (χ1) is 8.11. The van der Waals surface area contributed by atoms with Gasteiger partial charge in [-0.2, -0.15) is 17.0 Å². The fourth-order valence-corrected chi connectivity index (χ4v) is 3.49. The van der Waals surface area contributed by atoms with Gasteiger partial charge in [0.25, 0.3) is 0 Å². The van der Waals surface area contributed by atoms with Gasteiger partial charge in [-0.25, -0.2) is 4.98 Å². The monoisotopic (exact) mass is 248 g/mol. The topological polar surface area (TPSA) is 65.9 Å². The number of rotatable bonds is 1. The third-order valence-electron chi connectivity index (χ3n) is 2.81. The second-order valence-corrected chi connectivity index (χ2v) is 6.25. The van der Waals surface area contributed by atoms with E-state index in [1.807, 2.05) is 11.8 Å². The van der Waals surface area contributed by atoms with Crippen LogP contribution in [-0.2, 0) is 0 Å². The van der Waals surface area contributed by atoms with Gasteiger partial charge in [0.1, 0.15) is 6.07 Å². The molecule has 4 nitrogen and oxygen atoms in total. The summed E-state index contributed by atoms with van der Waals surface area (Å²) in [5.41, 5.74) is 6.99. The molecule has 0 saturated carbocycles. The molecule has 0 spiro atoms. The van der Waals surface area contributed by atoms with E-state index in [1.54, 1.807) is 12.3 Å². The molecule has 1 aliphatic rings. The largest absolute Gasteiger partial charge is 0.395 e. The molecule has 0 bridgehead atoms. The summed E-state index contributed by atoms with van der Waals surface area (Å²) in [4.78, 5) is 6.50. The summed E-state index contributed by atoms with van der Waals surface area (Å²) in [7, 11) is 0. The molecule has 90 valence electrons. The van der Waals surface area contributed by atoms with E-state index >= 15 is 0 Å². The van der Waals surface area contributed by atoms with Crippen molar-refractivity contribution in [1.82, 2.24) is 4.98 Å². The van der Waals surface area contributed by atoms with Gasteiger partial charge in [0.15, 0.2) is 5.82 Å². The van der Waals surface area contributed by atoms with Crippen molar-refractivity contribution >= 4 is 23.3 Å². The molecule has 1 fully saturated rings. The average Bonchev–Trinajstić information content (AvgIpc) is 2.28. The zero-order valence-corrected chi connectivity index (χ0v) is 10.9. The Balaban J connectivity index is 2.31. The number of nitrogen functional groups attached to an aromatic ring is 1. The Bertz CT molecular complexity index is 444. The molecule has 0 amide bonds. The van der Waals surface area contributed by atoms with Crippen molar-refractivity contribution in [1.29, 1.82) is 5.26 Å². The van der Waals surface area contributed by atoms with Gasteiger partial charge >= 0.3 is 0 Å². The minimum absolute atomic E-state index is 0.501. The Morgan fingerprint density at radius 1 is 1.47 bits per heavy atom. The van der Waals surface area contributed by atoms with Crippen molar-refractivity contribution in [3.8, 4) is 6.07 Å².